The van der Waals surface area contributed by atoms with Crippen molar-refractivity contribution >= 4 is 21.6 Å². The molecule has 1 aromatic rings. The molecule has 0 unspecified atom stereocenters. The lowest BCUT2D eigenvalue weighted by Crippen LogP contribution is -2.32. The van der Waals surface area contributed by atoms with E-state index in [1.54, 1.807) is 16.4 Å². The Hall–Kier alpha value is -0.580. The molecular weight excluding hydrogens is 294 g/mol. The zero-order valence-corrected chi connectivity index (χ0v) is 14.1. The van der Waals surface area contributed by atoms with Crippen LogP contribution in [0, 0.1) is 0 Å². The molecular formula is C15H24ClNO2S. The van der Waals surface area contributed by atoms with Gasteiger partial charge >= 0.3 is 0 Å². The number of aryl methyl sites for hydroxylation is 1. The van der Waals surface area contributed by atoms with E-state index in [1.165, 1.54) is 0 Å². The zero-order chi connectivity index (χ0) is 15.2. The van der Waals surface area contributed by atoms with Crippen LogP contribution >= 0.6 is 11.6 Å². The summed E-state index contributed by atoms with van der Waals surface area (Å²) in [5.74, 6) is 0.341. The van der Waals surface area contributed by atoms with Gasteiger partial charge in [-0.15, -0.1) is 11.6 Å². The van der Waals surface area contributed by atoms with Crippen LogP contribution in [0.2, 0.25) is 0 Å². The second-order valence-electron chi connectivity index (χ2n) is 4.82. The maximum absolute atomic E-state index is 12.7. The smallest absolute Gasteiger partial charge is 0.207 e. The Bertz CT molecular complexity index is 523. The molecule has 0 saturated heterocycles. The van der Waals surface area contributed by atoms with Gasteiger partial charge in [-0.1, -0.05) is 26.8 Å². The topological polar surface area (TPSA) is 37.4 Å². The van der Waals surface area contributed by atoms with Crippen LogP contribution in [0.5, 0.6) is 0 Å². The van der Waals surface area contributed by atoms with E-state index in [0.717, 1.165) is 30.4 Å². The van der Waals surface area contributed by atoms with Gasteiger partial charge in [-0.05, 0) is 42.5 Å². The van der Waals surface area contributed by atoms with Crippen LogP contribution in [0.3, 0.4) is 0 Å². The lowest BCUT2D eigenvalue weighted by atomic mass is 10.1. The maximum atomic E-state index is 12.7. The SMILES string of the molecule is CCCN(CCC)S(=O)(=O)c1ccc(CC)c(CCl)c1. The van der Waals surface area contributed by atoms with Crippen LogP contribution in [0.25, 0.3) is 0 Å². The largest absolute Gasteiger partial charge is 0.243 e. The third-order valence-corrected chi connectivity index (χ3v) is 5.47. The molecule has 0 aromatic heterocycles. The van der Waals surface area contributed by atoms with Crippen molar-refractivity contribution in [1.82, 2.24) is 4.31 Å². The minimum absolute atomic E-state index is 0.341. The highest BCUT2D eigenvalue weighted by Crippen LogP contribution is 2.22. The van der Waals surface area contributed by atoms with E-state index >= 15 is 0 Å². The first kappa shape index (κ1) is 17.5. The number of alkyl halides is 1. The Morgan fingerprint density at radius 1 is 1.05 bits per heavy atom. The molecule has 0 bridgehead atoms. The Kier molecular flexibility index (Phi) is 7.00. The molecule has 0 heterocycles. The van der Waals surface area contributed by atoms with Crippen molar-refractivity contribution in [3.05, 3.63) is 29.3 Å². The van der Waals surface area contributed by atoms with Crippen LogP contribution in [0.4, 0.5) is 0 Å². The number of sulfonamides is 1. The van der Waals surface area contributed by atoms with Gasteiger partial charge in [0.2, 0.25) is 10.0 Å². The van der Waals surface area contributed by atoms with Gasteiger partial charge in [-0.3, -0.25) is 0 Å². The number of halogens is 1. The van der Waals surface area contributed by atoms with Gasteiger partial charge in [0.25, 0.3) is 0 Å². The van der Waals surface area contributed by atoms with E-state index in [0.29, 0.717) is 23.9 Å². The highest BCUT2D eigenvalue weighted by molar-refractivity contribution is 7.89. The first-order valence-electron chi connectivity index (χ1n) is 7.19. The lowest BCUT2D eigenvalue weighted by Gasteiger charge is -2.21. The third-order valence-electron chi connectivity index (χ3n) is 3.29. The van der Waals surface area contributed by atoms with Crippen molar-refractivity contribution < 1.29 is 8.42 Å². The third kappa shape index (κ3) is 3.96. The maximum Gasteiger partial charge on any atom is 0.243 e. The summed E-state index contributed by atoms with van der Waals surface area (Å²) in [5.41, 5.74) is 2.01. The van der Waals surface area contributed by atoms with Gasteiger partial charge < -0.3 is 0 Å². The average molecular weight is 318 g/mol. The Balaban J connectivity index is 3.19. The highest BCUT2D eigenvalue weighted by atomic mass is 35.5. The zero-order valence-electron chi connectivity index (χ0n) is 12.5. The van der Waals surface area contributed by atoms with Crippen LogP contribution in [0.1, 0.15) is 44.7 Å². The summed E-state index contributed by atoms with van der Waals surface area (Å²) in [7, 11) is -3.41. The molecule has 0 atom stereocenters. The Morgan fingerprint density at radius 2 is 1.65 bits per heavy atom. The average Bonchev–Trinajstić information content (AvgIpc) is 2.46. The molecule has 1 aromatic carbocycles. The molecule has 0 fully saturated rings. The summed E-state index contributed by atoms with van der Waals surface area (Å²) < 4.78 is 26.9. The summed E-state index contributed by atoms with van der Waals surface area (Å²) >= 11 is 5.93. The summed E-state index contributed by atoms with van der Waals surface area (Å²) in [5, 5.41) is 0. The fourth-order valence-corrected chi connectivity index (χ4v) is 4.16. The molecule has 114 valence electrons. The second kappa shape index (κ2) is 8.01. The monoisotopic (exact) mass is 317 g/mol. The number of hydrogen-bond acceptors (Lipinski definition) is 2. The summed E-state index contributed by atoms with van der Waals surface area (Å²) in [6, 6.07) is 5.29. The molecule has 0 saturated carbocycles. The minimum Gasteiger partial charge on any atom is -0.207 e. The predicted octanol–water partition coefficient (Wildman–Crippen LogP) is 3.80. The number of nitrogens with zero attached hydrogens (tertiary/aromatic N) is 1. The lowest BCUT2D eigenvalue weighted by molar-refractivity contribution is 0.410. The molecule has 0 radical (unpaired) electrons. The molecule has 0 spiro atoms. The molecule has 3 nitrogen and oxygen atoms in total. The summed E-state index contributed by atoms with van der Waals surface area (Å²) in [6.07, 6.45) is 2.49. The molecule has 20 heavy (non-hydrogen) atoms. The second-order valence-corrected chi connectivity index (χ2v) is 7.03. The number of rotatable bonds is 8. The molecule has 5 heteroatoms. The highest BCUT2D eigenvalue weighted by Gasteiger charge is 2.23. The summed E-state index contributed by atoms with van der Waals surface area (Å²) in [4.78, 5) is 0.354. The van der Waals surface area contributed by atoms with Crippen LogP contribution in [0.15, 0.2) is 23.1 Å². The van der Waals surface area contributed by atoms with Gasteiger partial charge in [0.05, 0.1) is 4.90 Å². The molecule has 0 aliphatic heterocycles. The number of hydrogen-bond donors (Lipinski definition) is 0. The quantitative estimate of drug-likeness (QED) is 0.684. The fraction of sp³-hybridized carbons (Fsp3) is 0.600. The fourth-order valence-electron chi connectivity index (χ4n) is 2.23. The van der Waals surface area contributed by atoms with Crippen LogP contribution in [-0.4, -0.2) is 25.8 Å². The van der Waals surface area contributed by atoms with Crippen LogP contribution in [-0.2, 0) is 22.3 Å². The Morgan fingerprint density at radius 3 is 2.10 bits per heavy atom. The number of benzene rings is 1. The minimum atomic E-state index is -3.41. The summed E-state index contributed by atoms with van der Waals surface area (Å²) in [6.45, 7) is 7.13. The molecule has 0 aliphatic rings. The van der Waals surface area contributed by atoms with E-state index in [2.05, 4.69) is 0 Å². The van der Waals surface area contributed by atoms with Gasteiger partial charge in [0, 0.05) is 19.0 Å². The van der Waals surface area contributed by atoms with Crippen LogP contribution < -0.4 is 0 Å². The van der Waals surface area contributed by atoms with Gasteiger partial charge in [-0.25, -0.2) is 8.42 Å². The van der Waals surface area contributed by atoms with Gasteiger partial charge in [0.1, 0.15) is 0 Å². The van der Waals surface area contributed by atoms with Crippen molar-refractivity contribution in [2.24, 2.45) is 0 Å². The van der Waals surface area contributed by atoms with E-state index in [1.807, 2.05) is 26.8 Å². The molecule has 0 N–H and O–H groups in total. The van der Waals surface area contributed by atoms with E-state index < -0.39 is 10.0 Å². The van der Waals surface area contributed by atoms with Gasteiger partial charge in [0.15, 0.2) is 0 Å². The predicted molar refractivity (Wildman–Crippen MR) is 84.7 cm³/mol. The van der Waals surface area contributed by atoms with E-state index in [4.69, 9.17) is 11.6 Å². The van der Waals surface area contributed by atoms with E-state index in [9.17, 15) is 8.42 Å². The molecule has 0 aliphatic carbocycles. The molecule has 0 amide bonds. The first-order valence-corrected chi connectivity index (χ1v) is 9.16. The van der Waals surface area contributed by atoms with Crippen molar-refractivity contribution in [3.63, 3.8) is 0 Å². The first-order chi connectivity index (χ1) is 9.51. The van der Waals surface area contributed by atoms with E-state index in [-0.39, 0.29) is 0 Å². The van der Waals surface area contributed by atoms with Crippen molar-refractivity contribution in [2.75, 3.05) is 13.1 Å². The van der Waals surface area contributed by atoms with Crippen molar-refractivity contribution in [3.8, 4) is 0 Å². The Labute approximate surface area is 128 Å². The van der Waals surface area contributed by atoms with Crippen molar-refractivity contribution in [2.45, 2.75) is 50.8 Å². The van der Waals surface area contributed by atoms with Crippen molar-refractivity contribution in [1.29, 1.82) is 0 Å². The molecule has 1 rings (SSSR count). The standard InChI is InChI=1S/C15H24ClNO2S/c1-4-9-17(10-5-2)20(18,19)15-8-7-13(6-3)14(11-15)12-16/h7-8,11H,4-6,9-10,12H2,1-3H3. The van der Waals surface area contributed by atoms with Gasteiger partial charge in [-0.2, -0.15) is 4.31 Å². The normalized spacial score (nSPS) is 12.1.